The topological polar surface area (TPSA) is 108 Å². The summed E-state index contributed by atoms with van der Waals surface area (Å²) in [6.07, 6.45) is 10.3. The van der Waals surface area contributed by atoms with Crippen LogP contribution in [-0.2, 0) is 14.3 Å². The quantitative estimate of drug-likeness (QED) is 0.201. The standard InChI is InChI=1S/C22H45NO6/c1-28-18-19-29-17-15-23-22(27)14-10-5-3-2-4-8-12-20(25)21(26)13-9-6-7-11-16-24/h20-21,24-26H,2-19H2,1H3,(H,23,27). The minimum Gasteiger partial charge on any atom is -0.396 e. The number of ether oxygens (including phenoxy) is 2. The fraction of sp³-hybridized carbons (Fsp3) is 0.955. The molecule has 4 N–H and O–H groups in total. The molecular formula is C22H45NO6. The molecular weight excluding hydrogens is 374 g/mol. The van der Waals surface area contributed by atoms with E-state index in [1.165, 1.54) is 0 Å². The molecule has 2 unspecified atom stereocenters. The highest BCUT2D eigenvalue weighted by Gasteiger charge is 2.15. The van der Waals surface area contributed by atoms with Crippen molar-refractivity contribution in [1.82, 2.24) is 5.32 Å². The van der Waals surface area contributed by atoms with Gasteiger partial charge in [-0.1, -0.05) is 51.4 Å². The fourth-order valence-electron chi connectivity index (χ4n) is 3.15. The summed E-state index contributed by atoms with van der Waals surface area (Å²) in [6, 6.07) is 0. The average Bonchev–Trinajstić information content (AvgIpc) is 2.72. The van der Waals surface area contributed by atoms with Crippen molar-refractivity contribution in [3.8, 4) is 0 Å². The zero-order valence-corrected chi connectivity index (χ0v) is 18.4. The SMILES string of the molecule is COCCOCCNC(=O)CCCCCCCCC(O)C(O)CCCCCCO. The molecule has 0 aliphatic heterocycles. The molecule has 0 spiro atoms. The molecule has 0 aliphatic carbocycles. The molecule has 174 valence electrons. The third-order valence-electron chi connectivity index (χ3n) is 5.01. The van der Waals surface area contributed by atoms with Crippen molar-refractivity contribution in [3.63, 3.8) is 0 Å². The van der Waals surface area contributed by atoms with Crippen LogP contribution in [0.25, 0.3) is 0 Å². The van der Waals surface area contributed by atoms with Gasteiger partial charge < -0.3 is 30.1 Å². The van der Waals surface area contributed by atoms with Crippen LogP contribution >= 0.6 is 0 Å². The van der Waals surface area contributed by atoms with Crippen LogP contribution in [0.4, 0.5) is 0 Å². The van der Waals surface area contributed by atoms with Gasteiger partial charge in [0.1, 0.15) is 0 Å². The molecule has 0 aromatic carbocycles. The van der Waals surface area contributed by atoms with Crippen LogP contribution in [0.1, 0.15) is 83.5 Å². The van der Waals surface area contributed by atoms with E-state index in [2.05, 4.69) is 5.32 Å². The van der Waals surface area contributed by atoms with E-state index >= 15 is 0 Å². The molecule has 0 aliphatic rings. The first-order chi connectivity index (χ1) is 14.1. The predicted molar refractivity (Wildman–Crippen MR) is 115 cm³/mol. The molecule has 0 aromatic rings. The maximum absolute atomic E-state index is 11.7. The molecule has 7 nitrogen and oxygen atoms in total. The minimum absolute atomic E-state index is 0.0776. The summed E-state index contributed by atoms with van der Waals surface area (Å²) in [5.41, 5.74) is 0. The van der Waals surface area contributed by atoms with E-state index < -0.39 is 12.2 Å². The van der Waals surface area contributed by atoms with Gasteiger partial charge in [0.05, 0.1) is 32.0 Å². The van der Waals surface area contributed by atoms with Gasteiger partial charge in [-0.25, -0.2) is 0 Å². The van der Waals surface area contributed by atoms with E-state index in [4.69, 9.17) is 14.6 Å². The molecule has 0 saturated carbocycles. The number of hydrogen-bond acceptors (Lipinski definition) is 6. The molecule has 29 heavy (non-hydrogen) atoms. The van der Waals surface area contributed by atoms with Gasteiger partial charge in [-0.05, 0) is 25.7 Å². The first-order valence-electron chi connectivity index (χ1n) is 11.4. The van der Waals surface area contributed by atoms with Gasteiger partial charge >= 0.3 is 0 Å². The van der Waals surface area contributed by atoms with Crippen LogP contribution in [-0.4, -0.2) is 73.5 Å². The second-order valence-electron chi connectivity index (χ2n) is 7.68. The lowest BCUT2D eigenvalue weighted by molar-refractivity contribution is -0.121. The van der Waals surface area contributed by atoms with Gasteiger partial charge in [-0.15, -0.1) is 0 Å². The van der Waals surface area contributed by atoms with E-state index in [0.29, 0.717) is 45.6 Å². The molecule has 0 bridgehead atoms. The van der Waals surface area contributed by atoms with Crippen LogP contribution in [0.3, 0.4) is 0 Å². The van der Waals surface area contributed by atoms with E-state index in [1.807, 2.05) is 0 Å². The third-order valence-corrected chi connectivity index (χ3v) is 5.01. The van der Waals surface area contributed by atoms with Gasteiger partial charge in [0.15, 0.2) is 0 Å². The number of rotatable bonds is 22. The van der Waals surface area contributed by atoms with Gasteiger partial charge in [-0.3, -0.25) is 4.79 Å². The Labute approximate surface area is 177 Å². The summed E-state index contributed by atoms with van der Waals surface area (Å²) in [7, 11) is 1.63. The fourth-order valence-corrected chi connectivity index (χ4v) is 3.15. The largest absolute Gasteiger partial charge is 0.396 e. The third kappa shape index (κ3) is 20.3. The Morgan fingerprint density at radius 1 is 0.793 bits per heavy atom. The molecule has 0 aromatic heterocycles. The highest BCUT2D eigenvalue weighted by molar-refractivity contribution is 5.75. The van der Waals surface area contributed by atoms with Gasteiger partial charge in [0.2, 0.25) is 5.91 Å². The van der Waals surface area contributed by atoms with Crippen molar-refractivity contribution in [1.29, 1.82) is 0 Å². The van der Waals surface area contributed by atoms with E-state index in [9.17, 15) is 15.0 Å². The number of carbonyl (C=O) groups excluding carboxylic acids is 1. The normalized spacial score (nSPS) is 13.4. The zero-order valence-electron chi connectivity index (χ0n) is 18.4. The number of amides is 1. The summed E-state index contributed by atoms with van der Waals surface area (Å²) in [6.45, 7) is 2.40. The van der Waals surface area contributed by atoms with Crippen LogP contribution in [0, 0.1) is 0 Å². The number of aliphatic hydroxyl groups is 3. The van der Waals surface area contributed by atoms with Gasteiger partial charge in [0.25, 0.3) is 0 Å². The Bertz CT molecular complexity index is 356. The number of hydrogen-bond donors (Lipinski definition) is 4. The predicted octanol–water partition coefficient (Wildman–Crippen LogP) is 2.55. The Morgan fingerprint density at radius 2 is 1.34 bits per heavy atom. The number of carbonyl (C=O) groups is 1. The van der Waals surface area contributed by atoms with Crippen LogP contribution < -0.4 is 5.32 Å². The maximum atomic E-state index is 11.7. The van der Waals surface area contributed by atoms with E-state index in [-0.39, 0.29) is 12.5 Å². The van der Waals surface area contributed by atoms with Crippen molar-refractivity contribution in [3.05, 3.63) is 0 Å². The highest BCUT2D eigenvalue weighted by Crippen LogP contribution is 2.14. The van der Waals surface area contributed by atoms with Crippen molar-refractivity contribution in [2.24, 2.45) is 0 Å². The van der Waals surface area contributed by atoms with Gasteiger partial charge in [0, 0.05) is 26.7 Å². The smallest absolute Gasteiger partial charge is 0.220 e. The van der Waals surface area contributed by atoms with Crippen molar-refractivity contribution in [2.45, 2.75) is 95.7 Å². The molecule has 1 amide bonds. The summed E-state index contributed by atoms with van der Waals surface area (Å²) in [5, 5.41) is 31.5. The molecule has 0 rings (SSSR count). The molecule has 0 saturated heterocycles. The monoisotopic (exact) mass is 419 g/mol. The lowest BCUT2D eigenvalue weighted by atomic mass is 10.00. The molecule has 2 atom stereocenters. The Hall–Kier alpha value is -0.730. The Kier molecular flexibility index (Phi) is 21.4. The number of methoxy groups -OCH3 is 1. The average molecular weight is 420 g/mol. The van der Waals surface area contributed by atoms with Crippen molar-refractivity contribution >= 4 is 5.91 Å². The molecule has 0 radical (unpaired) electrons. The van der Waals surface area contributed by atoms with E-state index in [1.54, 1.807) is 7.11 Å². The van der Waals surface area contributed by atoms with Crippen molar-refractivity contribution < 1.29 is 29.6 Å². The lowest BCUT2D eigenvalue weighted by Gasteiger charge is -2.17. The summed E-state index contributed by atoms with van der Waals surface area (Å²) in [4.78, 5) is 11.7. The lowest BCUT2D eigenvalue weighted by Crippen LogP contribution is -2.27. The summed E-state index contributed by atoms with van der Waals surface area (Å²) in [5.74, 6) is 0.0776. The zero-order chi connectivity index (χ0) is 21.6. The van der Waals surface area contributed by atoms with Crippen LogP contribution in [0.5, 0.6) is 0 Å². The highest BCUT2D eigenvalue weighted by atomic mass is 16.5. The number of nitrogens with one attached hydrogen (secondary N) is 1. The molecule has 0 fully saturated rings. The second kappa shape index (κ2) is 22.0. The van der Waals surface area contributed by atoms with Crippen LogP contribution in [0.15, 0.2) is 0 Å². The first-order valence-corrected chi connectivity index (χ1v) is 11.4. The number of aliphatic hydroxyl groups excluding tert-OH is 3. The first kappa shape index (κ1) is 28.3. The maximum Gasteiger partial charge on any atom is 0.220 e. The van der Waals surface area contributed by atoms with Crippen molar-refractivity contribution in [2.75, 3.05) is 40.1 Å². The Balaban J connectivity index is 3.37. The summed E-state index contributed by atoms with van der Waals surface area (Å²) >= 11 is 0. The number of unbranched alkanes of at least 4 members (excludes halogenated alkanes) is 8. The minimum atomic E-state index is -0.631. The van der Waals surface area contributed by atoms with Crippen LogP contribution in [0.2, 0.25) is 0 Å². The molecule has 0 heterocycles. The Morgan fingerprint density at radius 3 is 1.93 bits per heavy atom. The van der Waals surface area contributed by atoms with Gasteiger partial charge in [-0.2, -0.15) is 0 Å². The second-order valence-corrected chi connectivity index (χ2v) is 7.68. The summed E-state index contributed by atoms with van der Waals surface area (Å²) < 4.78 is 10.2. The van der Waals surface area contributed by atoms with E-state index in [0.717, 1.165) is 64.2 Å². The molecule has 7 heteroatoms.